The van der Waals surface area contributed by atoms with Gasteiger partial charge in [-0.05, 0) is 12.1 Å². The van der Waals surface area contributed by atoms with Crippen LogP contribution in [0.15, 0.2) is 58.2 Å². The van der Waals surface area contributed by atoms with Gasteiger partial charge in [0.25, 0.3) is 5.91 Å². The van der Waals surface area contributed by atoms with Crippen LogP contribution >= 0.6 is 11.8 Å². The second-order valence-corrected chi connectivity index (χ2v) is 8.41. The van der Waals surface area contributed by atoms with E-state index in [1.165, 1.54) is 18.7 Å². The predicted molar refractivity (Wildman–Crippen MR) is 114 cm³/mol. The lowest BCUT2D eigenvalue weighted by Crippen LogP contribution is -2.70. The molecular formula is C22H20N2O7S. The summed E-state index contributed by atoms with van der Waals surface area (Å²) < 4.78 is 10.6. The van der Waals surface area contributed by atoms with Crippen LogP contribution in [0.3, 0.4) is 0 Å². The van der Waals surface area contributed by atoms with Gasteiger partial charge in [0.2, 0.25) is 5.91 Å². The summed E-state index contributed by atoms with van der Waals surface area (Å²) in [6.07, 6.45) is -0.0483. The Kier molecular flexibility index (Phi) is 6.04. The lowest BCUT2D eigenvalue weighted by Gasteiger charge is -2.49. The third-order valence-corrected chi connectivity index (χ3v) is 6.41. The number of nitrogens with one attached hydrogen (secondary N) is 1. The molecule has 2 aromatic rings. The van der Waals surface area contributed by atoms with Crippen molar-refractivity contribution in [1.29, 1.82) is 0 Å². The van der Waals surface area contributed by atoms with Crippen molar-refractivity contribution in [2.75, 3.05) is 12.4 Å². The van der Waals surface area contributed by atoms with Crippen LogP contribution in [0.2, 0.25) is 0 Å². The fourth-order valence-corrected chi connectivity index (χ4v) is 4.92. The van der Waals surface area contributed by atoms with Crippen LogP contribution in [0.25, 0.3) is 11.3 Å². The number of carboxylic acid groups (broad SMARTS) is 1. The molecule has 2 atom stereocenters. The smallest absolute Gasteiger partial charge is 0.352 e. The van der Waals surface area contributed by atoms with Gasteiger partial charge in [-0.3, -0.25) is 19.3 Å². The van der Waals surface area contributed by atoms with Crippen molar-refractivity contribution >= 4 is 35.5 Å². The van der Waals surface area contributed by atoms with Crippen molar-refractivity contribution in [2.45, 2.75) is 24.8 Å². The van der Waals surface area contributed by atoms with Gasteiger partial charge in [-0.2, -0.15) is 0 Å². The molecule has 0 radical (unpaired) electrons. The van der Waals surface area contributed by atoms with E-state index in [0.717, 1.165) is 10.5 Å². The number of amides is 2. The number of ether oxygens (including phenoxy) is 1. The number of hydrogen-bond donors (Lipinski definition) is 2. The number of hydrogen-bond acceptors (Lipinski definition) is 7. The lowest BCUT2D eigenvalue weighted by atomic mass is 10.0. The minimum Gasteiger partial charge on any atom is -0.477 e. The van der Waals surface area contributed by atoms with E-state index in [2.05, 4.69) is 5.32 Å². The first-order valence-corrected chi connectivity index (χ1v) is 10.9. The molecule has 2 amide bonds. The molecule has 1 aromatic heterocycles. The van der Waals surface area contributed by atoms with E-state index in [1.54, 1.807) is 12.1 Å². The Bertz CT molecular complexity index is 1110. The standard InChI is InChI=1S/C22H20N2O7S/c1-12(25)30-10-14-11-32-21-18(20(27)24(21)19(14)22(28)29)23-17(26)9-15-7-8-16(31-15)13-5-3-2-4-6-13/h2-8,18,21H,9-11H2,1H3,(H,23,26)(H,28,29)/t18-,21-/m1/s1. The molecule has 2 aliphatic heterocycles. The van der Waals surface area contributed by atoms with E-state index in [0.29, 0.717) is 17.1 Å². The third-order valence-electron chi connectivity index (χ3n) is 5.07. The first-order valence-electron chi connectivity index (χ1n) is 9.82. The zero-order valence-electron chi connectivity index (χ0n) is 17.1. The van der Waals surface area contributed by atoms with Gasteiger partial charge in [0.1, 0.15) is 35.2 Å². The molecule has 1 fully saturated rings. The number of fused-ring (bicyclic) bond motifs is 1. The fraction of sp³-hybridized carbons (Fsp3) is 0.273. The summed E-state index contributed by atoms with van der Waals surface area (Å²) in [6.45, 7) is 1.03. The molecule has 0 bridgehead atoms. The van der Waals surface area contributed by atoms with E-state index in [9.17, 15) is 24.3 Å². The fourth-order valence-electron chi connectivity index (χ4n) is 3.60. The van der Waals surface area contributed by atoms with Crippen molar-refractivity contribution in [1.82, 2.24) is 10.2 Å². The maximum atomic E-state index is 12.6. The van der Waals surface area contributed by atoms with Gasteiger partial charge in [-0.1, -0.05) is 30.3 Å². The summed E-state index contributed by atoms with van der Waals surface area (Å²) >= 11 is 1.31. The first-order chi connectivity index (χ1) is 15.3. The number of β-lactam (4-membered cyclic amide) rings is 1. The molecule has 0 spiro atoms. The number of furan rings is 1. The van der Waals surface area contributed by atoms with Gasteiger partial charge in [0.15, 0.2) is 0 Å². The van der Waals surface area contributed by atoms with Gasteiger partial charge in [0.05, 0.1) is 6.42 Å². The highest BCUT2D eigenvalue weighted by molar-refractivity contribution is 8.00. The largest absolute Gasteiger partial charge is 0.477 e. The molecule has 1 saturated heterocycles. The lowest BCUT2D eigenvalue weighted by molar-refractivity contribution is -0.151. The monoisotopic (exact) mass is 456 g/mol. The summed E-state index contributed by atoms with van der Waals surface area (Å²) in [5.41, 5.74) is 1.04. The van der Waals surface area contributed by atoms with Gasteiger partial charge in [0, 0.05) is 23.8 Å². The van der Waals surface area contributed by atoms with Crippen molar-refractivity contribution in [2.24, 2.45) is 0 Å². The van der Waals surface area contributed by atoms with Crippen LogP contribution in [0.4, 0.5) is 0 Å². The van der Waals surface area contributed by atoms with Crippen molar-refractivity contribution in [3.8, 4) is 11.3 Å². The molecule has 4 rings (SSSR count). The number of esters is 1. The average Bonchev–Trinajstić information content (AvgIpc) is 3.24. The molecule has 1 aromatic carbocycles. The quantitative estimate of drug-likeness (QED) is 0.477. The van der Waals surface area contributed by atoms with E-state index in [-0.39, 0.29) is 24.5 Å². The molecule has 32 heavy (non-hydrogen) atoms. The highest BCUT2D eigenvalue weighted by Gasteiger charge is 2.54. The first kappa shape index (κ1) is 21.7. The molecule has 0 unspecified atom stereocenters. The number of benzene rings is 1. The van der Waals surface area contributed by atoms with E-state index >= 15 is 0 Å². The molecule has 10 heteroatoms. The van der Waals surface area contributed by atoms with Crippen LogP contribution in [-0.2, 0) is 30.3 Å². The highest BCUT2D eigenvalue weighted by atomic mass is 32.2. The summed E-state index contributed by atoms with van der Waals surface area (Å²) in [6, 6.07) is 12.1. The van der Waals surface area contributed by atoms with Crippen molar-refractivity contribution in [3.63, 3.8) is 0 Å². The Morgan fingerprint density at radius 2 is 1.97 bits per heavy atom. The van der Waals surface area contributed by atoms with Crippen LogP contribution < -0.4 is 5.32 Å². The Morgan fingerprint density at radius 1 is 1.22 bits per heavy atom. The number of carbonyl (C=O) groups excluding carboxylic acids is 3. The van der Waals surface area contributed by atoms with Gasteiger partial charge in [-0.15, -0.1) is 11.8 Å². The molecule has 166 valence electrons. The second-order valence-electron chi connectivity index (χ2n) is 7.30. The Labute approximate surface area is 187 Å². The predicted octanol–water partition coefficient (Wildman–Crippen LogP) is 1.79. The Morgan fingerprint density at radius 3 is 2.66 bits per heavy atom. The van der Waals surface area contributed by atoms with Crippen LogP contribution in [0, 0.1) is 0 Å². The molecule has 3 heterocycles. The maximum absolute atomic E-state index is 12.6. The minimum absolute atomic E-state index is 0.0483. The molecule has 0 aliphatic carbocycles. The number of carboxylic acids is 1. The van der Waals surface area contributed by atoms with Crippen LogP contribution in [0.5, 0.6) is 0 Å². The zero-order valence-corrected chi connectivity index (χ0v) is 17.9. The summed E-state index contributed by atoms with van der Waals surface area (Å²) in [5.74, 6) is -1.37. The van der Waals surface area contributed by atoms with E-state index < -0.39 is 35.2 Å². The summed E-state index contributed by atoms with van der Waals surface area (Å²) in [5, 5.41) is 11.7. The molecular weight excluding hydrogens is 436 g/mol. The zero-order chi connectivity index (χ0) is 22.8. The second kappa shape index (κ2) is 8.91. The number of aliphatic carboxylic acids is 1. The number of rotatable bonds is 7. The molecule has 0 saturated carbocycles. The van der Waals surface area contributed by atoms with Crippen LogP contribution in [-0.4, -0.2) is 57.5 Å². The van der Waals surface area contributed by atoms with Crippen LogP contribution in [0.1, 0.15) is 12.7 Å². The highest BCUT2D eigenvalue weighted by Crippen LogP contribution is 2.40. The van der Waals surface area contributed by atoms with Crippen molar-refractivity contribution < 1.29 is 33.4 Å². The van der Waals surface area contributed by atoms with Gasteiger partial charge >= 0.3 is 11.9 Å². The van der Waals surface area contributed by atoms with E-state index in [1.807, 2.05) is 30.3 Å². The topological polar surface area (TPSA) is 126 Å². The average molecular weight is 456 g/mol. The molecule has 2 aliphatic rings. The van der Waals surface area contributed by atoms with Gasteiger partial charge < -0.3 is 19.6 Å². The van der Waals surface area contributed by atoms with E-state index in [4.69, 9.17) is 9.15 Å². The number of nitrogens with zero attached hydrogens (tertiary/aromatic N) is 1. The summed E-state index contributed by atoms with van der Waals surface area (Å²) in [7, 11) is 0. The number of carbonyl (C=O) groups is 4. The van der Waals surface area contributed by atoms with Crippen molar-refractivity contribution in [3.05, 3.63) is 59.5 Å². The van der Waals surface area contributed by atoms with Gasteiger partial charge in [-0.25, -0.2) is 4.79 Å². The summed E-state index contributed by atoms with van der Waals surface area (Å²) in [4.78, 5) is 49.1. The molecule has 2 N–H and O–H groups in total. The molecule has 9 nitrogen and oxygen atoms in total. The SMILES string of the molecule is CC(=O)OCC1=C(C(=O)O)N2C(=O)[C@@H](NC(=O)Cc3ccc(-c4ccccc4)o3)[C@H]2SC1. The normalized spacial score (nSPS) is 19.8. The maximum Gasteiger partial charge on any atom is 0.352 e. The Hall–Kier alpha value is -3.53. The number of thioether (sulfide) groups is 1. The third kappa shape index (κ3) is 4.26. The Balaban J connectivity index is 1.40. The minimum atomic E-state index is -1.28.